The van der Waals surface area contributed by atoms with Crippen LogP contribution in [0.25, 0.3) is 10.9 Å². The van der Waals surface area contributed by atoms with Crippen LogP contribution in [-0.2, 0) is 6.42 Å². The molecule has 3 aromatic rings. The third-order valence-electron chi connectivity index (χ3n) is 3.52. The number of hydrogen-bond acceptors (Lipinski definition) is 4. The van der Waals surface area contributed by atoms with Crippen LogP contribution in [0, 0.1) is 0 Å². The fraction of sp³-hybridized carbons (Fsp3) is 0.176. The second-order valence-electron chi connectivity index (χ2n) is 5.04. The molecule has 0 aliphatic carbocycles. The van der Waals surface area contributed by atoms with E-state index in [9.17, 15) is 0 Å². The largest absolute Gasteiger partial charge is 0.379 e. The molecule has 0 radical (unpaired) electrons. The van der Waals surface area contributed by atoms with Crippen molar-refractivity contribution in [1.82, 2.24) is 10.2 Å². The number of anilines is 1. The number of nitrogens with zero attached hydrogens (tertiary/aromatic N) is 2. The first-order valence-corrected chi connectivity index (χ1v) is 7.08. The first-order chi connectivity index (χ1) is 10.4. The summed E-state index contributed by atoms with van der Waals surface area (Å²) in [6.45, 7) is 0.561. The molecule has 4 heteroatoms. The number of benzene rings is 2. The summed E-state index contributed by atoms with van der Waals surface area (Å²) in [4.78, 5) is 0. The van der Waals surface area contributed by atoms with Crippen molar-refractivity contribution >= 4 is 16.6 Å². The van der Waals surface area contributed by atoms with Crippen LogP contribution in [0.3, 0.4) is 0 Å². The van der Waals surface area contributed by atoms with Crippen LogP contribution in [0.15, 0.2) is 60.8 Å². The molecule has 0 aliphatic heterocycles. The minimum absolute atomic E-state index is 0.167. The molecule has 0 saturated carbocycles. The summed E-state index contributed by atoms with van der Waals surface area (Å²) in [5.74, 6) is 0. The highest BCUT2D eigenvalue weighted by Crippen LogP contribution is 2.21. The van der Waals surface area contributed by atoms with Crippen LogP contribution < -0.4 is 11.1 Å². The lowest BCUT2D eigenvalue weighted by atomic mass is 10.1. The lowest BCUT2D eigenvalue weighted by Crippen LogP contribution is -2.31. The van der Waals surface area contributed by atoms with Crippen LogP contribution in [-0.4, -0.2) is 22.8 Å². The third-order valence-corrected chi connectivity index (χ3v) is 3.52. The molecule has 106 valence electrons. The first kappa shape index (κ1) is 13.5. The van der Waals surface area contributed by atoms with Gasteiger partial charge in [-0.25, -0.2) is 0 Å². The first-order valence-electron chi connectivity index (χ1n) is 7.08. The summed E-state index contributed by atoms with van der Waals surface area (Å²) in [6, 6.07) is 18.5. The Bertz CT molecular complexity index is 707. The van der Waals surface area contributed by atoms with Gasteiger partial charge in [-0.1, -0.05) is 48.5 Å². The lowest BCUT2D eigenvalue weighted by Gasteiger charge is -2.19. The quantitative estimate of drug-likeness (QED) is 0.753. The van der Waals surface area contributed by atoms with E-state index in [2.05, 4.69) is 27.6 Å². The number of nitrogens with one attached hydrogen (secondary N) is 1. The fourth-order valence-corrected chi connectivity index (χ4v) is 2.43. The predicted octanol–water partition coefficient (Wildman–Crippen LogP) is 2.61. The summed E-state index contributed by atoms with van der Waals surface area (Å²) in [5, 5.41) is 12.8. The van der Waals surface area contributed by atoms with Gasteiger partial charge in [0.1, 0.15) is 0 Å². The van der Waals surface area contributed by atoms with E-state index in [1.54, 1.807) is 6.20 Å². The van der Waals surface area contributed by atoms with Gasteiger partial charge < -0.3 is 11.1 Å². The molecule has 1 aromatic heterocycles. The van der Waals surface area contributed by atoms with Gasteiger partial charge in [0, 0.05) is 18.0 Å². The maximum absolute atomic E-state index is 5.91. The van der Waals surface area contributed by atoms with E-state index in [0.29, 0.717) is 6.54 Å². The van der Waals surface area contributed by atoms with Crippen LogP contribution in [0.2, 0.25) is 0 Å². The number of nitrogens with two attached hydrogens (primary N) is 1. The van der Waals surface area contributed by atoms with Gasteiger partial charge in [-0.2, -0.15) is 10.2 Å². The second-order valence-corrected chi connectivity index (χ2v) is 5.04. The van der Waals surface area contributed by atoms with Crippen molar-refractivity contribution in [3.63, 3.8) is 0 Å². The monoisotopic (exact) mass is 278 g/mol. The number of aromatic nitrogens is 2. The topological polar surface area (TPSA) is 63.8 Å². The molecule has 3 N–H and O–H groups in total. The SMILES string of the molecule is NCC(Cc1ccccc1)Nc1cnnc2ccccc12. The molecule has 21 heavy (non-hydrogen) atoms. The Hall–Kier alpha value is -2.46. The minimum atomic E-state index is 0.167. The van der Waals surface area contributed by atoms with Crippen molar-refractivity contribution in [3.05, 3.63) is 66.4 Å². The molecular formula is C17H18N4. The average molecular weight is 278 g/mol. The van der Waals surface area contributed by atoms with Gasteiger partial charge in [0.05, 0.1) is 17.4 Å². The van der Waals surface area contributed by atoms with Crippen molar-refractivity contribution < 1.29 is 0 Å². The van der Waals surface area contributed by atoms with E-state index in [0.717, 1.165) is 23.0 Å². The Balaban J connectivity index is 1.82. The van der Waals surface area contributed by atoms with Gasteiger partial charge >= 0.3 is 0 Å². The smallest absolute Gasteiger partial charge is 0.0950 e. The number of rotatable bonds is 5. The molecule has 0 aliphatic rings. The van der Waals surface area contributed by atoms with Gasteiger partial charge in [-0.3, -0.25) is 0 Å². The molecular weight excluding hydrogens is 260 g/mol. The molecule has 0 saturated heterocycles. The zero-order chi connectivity index (χ0) is 14.5. The van der Waals surface area contributed by atoms with Gasteiger partial charge in [0.15, 0.2) is 0 Å². The zero-order valence-corrected chi connectivity index (χ0v) is 11.7. The van der Waals surface area contributed by atoms with E-state index >= 15 is 0 Å². The van der Waals surface area contributed by atoms with E-state index < -0.39 is 0 Å². The molecule has 1 heterocycles. The average Bonchev–Trinajstić information content (AvgIpc) is 2.55. The van der Waals surface area contributed by atoms with Crippen LogP contribution in [0.1, 0.15) is 5.56 Å². The highest BCUT2D eigenvalue weighted by molar-refractivity contribution is 5.90. The van der Waals surface area contributed by atoms with Gasteiger partial charge in [0.2, 0.25) is 0 Å². The van der Waals surface area contributed by atoms with E-state index in [4.69, 9.17) is 5.73 Å². The molecule has 1 atom stereocenters. The molecule has 1 unspecified atom stereocenters. The molecule has 0 amide bonds. The van der Waals surface area contributed by atoms with Crippen molar-refractivity contribution in [2.45, 2.75) is 12.5 Å². The molecule has 0 bridgehead atoms. The van der Waals surface area contributed by atoms with Crippen molar-refractivity contribution in [2.75, 3.05) is 11.9 Å². The van der Waals surface area contributed by atoms with Gasteiger partial charge in [-0.05, 0) is 18.1 Å². The summed E-state index contributed by atoms with van der Waals surface area (Å²) < 4.78 is 0. The van der Waals surface area contributed by atoms with E-state index in [1.165, 1.54) is 5.56 Å². The number of fused-ring (bicyclic) bond motifs is 1. The van der Waals surface area contributed by atoms with Gasteiger partial charge in [-0.15, -0.1) is 0 Å². The highest BCUT2D eigenvalue weighted by atomic mass is 15.1. The van der Waals surface area contributed by atoms with E-state index in [1.807, 2.05) is 42.5 Å². The molecule has 0 spiro atoms. The van der Waals surface area contributed by atoms with Crippen molar-refractivity contribution in [2.24, 2.45) is 5.73 Å². The maximum atomic E-state index is 5.91. The molecule has 2 aromatic carbocycles. The standard InChI is InChI=1S/C17H18N4/c18-11-14(10-13-6-2-1-3-7-13)20-17-12-19-21-16-9-5-4-8-15(16)17/h1-9,12,14H,10-11,18H2,(H,20,21). The van der Waals surface area contributed by atoms with Crippen LogP contribution >= 0.6 is 0 Å². The maximum Gasteiger partial charge on any atom is 0.0950 e. The normalized spacial score (nSPS) is 12.2. The zero-order valence-electron chi connectivity index (χ0n) is 11.7. The van der Waals surface area contributed by atoms with Crippen molar-refractivity contribution in [1.29, 1.82) is 0 Å². The Morgan fingerprint density at radius 1 is 1.00 bits per heavy atom. The predicted molar refractivity (Wildman–Crippen MR) is 86.1 cm³/mol. The Labute approximate surface area is 124 Å². The highest BCUT2D eigenvalue weighted by Gasteiger charge is 2.10. The van der Waals surface area contributed by atoms with Crippen LogP contribution in [0.5, 0.6) is 0 Å². The molecule has 0 fully saturated rings. The van der Waals surface area contributed by atoms with E-state index in [-0.39, 0.29) is 6.04 Å². The summed E-state index contributed by atoms with van der Waals surface area (Å²) in [6.07, 6.45) is 2.64. The summed E-state index contributed by atoms with van der Waals surface area (Å²) in [7, 11) is 0. The van der Waals surface area contributed by atoms with Crippen molar-refractivity contribution in [3.8, 4) is 0 Å². The third kappa shape index (κ3) is 3.17. The Morgan fingerprint density at radius 2 is 1.76 bits per heavy atom. The fourth-order valence-electron chi connectivity index (χ4n) is 2.43. The summed E-state index contributed by atoms with van der Waals surface area (Å²) in [5.41, 5.74) is 9.05. The lowest BCUT2D eigenvalue weighted by molar-refractivity contribution is 0.724. The van der Waals surface area contributed by atoms with Crippen LogP contribution in [0.4, 0.5) is 5.69 Å². The molecule has 4 nitrogen and oxygen atoms in total. The minimum Gasteiger partial charge on any atom is -0.379 e. The Kier molecular flexibility index (Phi) is 4.07. The summed E-state index contributed by atoms with van der Waals surface area (Å²) >= 11 is 0. The number of hydrogen-bond donors (Lipinski definition) is 2. The molecule has 3 rings (SSSR count). The Morgan fingerprint density at radius 3 is 2.57 bits per heavy atom. The van der Waals surface area contributed by atoms with Gasteiger partial charge in [0.25, 0.3) is 0 Å². The second kappa shape index (κ2) is 6.33.